The van der Waals surface area contributed by atoms with Crippen LogP contribution in [0.5, 0.6) is 0 Å². The van der Waals surface area contributed by atoms with Gasteiger partial charge >= 0.3 is 0 Å². The average molecular weight is 327 g/mol. The maximum atomic E-state index is 9.75. The summed E-state index contributed by atoms with van der Waals surface area (Å²) < 4.78 is 0. The molecule has 1 N–H and O–H groups in total. The Balaban J connectivity index is 2.46. The average Bonchev–Trinajstić information content (AvgIpc) is 2.97. The zero-order valence-corrected chi connectivity index (χ0v) is 16.7. The van der Waals surface area contributed by atoms with Crippen molar-refractivity contribution in [2.45, 2.75) is 72.6 Å². The van der Waals surface area contributed by atoms with E-state index in [2.05, 4.69) is 85.7 Å². The van der Waals surface area contributed by atoms with E-state index in [1.54, 1.807) is 0 Å². The summed E-state index contributed by atoms with van der Waals surface area (Å²) in [5.74, 6) is 0. The molecule has 0 aliphatic heterocycles. The Bertz CT molecular complexity index is 678. The Morgan fingerprint density at radius 2 is 1.50 bits per heavy atom. The monoisotopic (exact) mass is 326 g/mol. The number of aliphatic hydroxyl groups excluding tert-OH is 1. The molecule has 0 atom stereocenters. The number of aliphatic hydroxyl groups is 1. The van der Waals surface area contributed by atoms with Gasteiger partial charge in [-0.05, 0) is 35.5 Å². The highest BCUT2D eigenvalue weighted by Gasteiger charge is 2.31. The Kier molecular flexibility index (Phi) is 4.89. The first-order chi connectivity index (χ1) is 10.9. The van der Waals surface area contributed by atoms with Crippen molar-refractivity contribution in [1.29, 1.82) is 0 Å². The number of benzene rings is 1. The lowest BCUT2D eigenvalue weighted by Gasteiger charge is -2.30. The van der Waals surface area contributed by atoms with Crippen LogP contribution in [0.2, 0.25) is 0 Å². The molecule has 0 spiro atoms. The van der Waals surface area contributed by atoms with Gasteiger partial charge in [0.05, 0.1) is 6.61 Å². The Morgan fingerprint density at radius 1 is 0.917 bits per heavy atom. The van der Waals surface area contributed by atoms with Gasteiger partial charge in [-0.1, -0.05) is 90.0 Å². The molecule has 0 saturated heterocycles. The predicted molar refractivity (Wildman–Crippen MR) is 105 cm³/mol. The lowest BCUT2D eigenvalue weighted by molar-refractivity contribution is 0.218. The molecule has 0 saturated carbocycles. The number of rotatable bonds is 4. The third kappa shape index (κ3) is 3.67. The lowest BCUT2D eigenvalue weighted by atomic mass is 9.74. The maximum Gasteiger partial charge on any atom is 0.0522 e. The van der Waals surface area contributed by atoms with Gasteiger partial charge in [-0.3, -0.25) is 0 Å². The van der Waals surface area contributed by atoms with E-state index >= 15 is 0 Å². The maximum absolute atomic E-state index is 9.75. The van der Waals surface area contributed by atoms with Crippen LogP contribution in [0.4, 0.5) is 0 Å². The highest BCUT2D eigenvalue weighted by atomic mass is 16.3. The molecular weight excluding hydrogens is 292 g/mol. The summed E-state index contributed by atoms with van der Waals surface area (Å²) in [6.07, 6.45) is 5.85. The minimum Gasteiger partial charge on any atom is -0.395 e. The Labute approximate surface area is 148 Å². The first kappa shape index (κ1) is 19.0. The van der Waals surface area contributed by atoms with Crippen LogP contribution in [0.3, 0.4) is 0 Å². The summed E-state index contributed by atoms with van der Waals surface area (Å²) in [4.78, 5) is 0. The quantitative estimate of drug-likeness (QED) is 0.736. The van der Waals surface area contributed by atoms with Gasteiger partial charge in [-0.25, -0.2) is 0 Å². The first-order valence-corrected chi connectivity index (χ1v) is 9.03. The Morgan fingerprint density at radius 3 is 2.00 bits per heavy atom. The van der Waals surface area contributed by atoms with Crippen LogP contribution in [-0.4, -0.2) is 11.7 Å². The van der Waals surface area contributed by atoms with Crippen molar-refractivity contribution in [3.05, 3.63) is 58.2 Å². The smallest absolute Gasteiger partial charge is 0.0522 e. The molecule has 132 valence electrons. The molecule has 0 amide bonds. The van der Waals surface area contributed by atoms with E-state index in [0.717, 1.165) is 6.42 Å². The topological polar surface area (TPSA) is 20.2 Å². The molecule has 1 heteroatoms. The van der Waals surface area contributed by atoms with Gasteiger partial charge in [0, 0.05) is 10.8 Å². The minimum absolute atomic E-state index is 0.0285. The van der Waals surface area contributed by atoms with E-state index in [0.29, 0.717) is 0 Å². The third-order valence-electron chi connectivity index (χ3n) is 5.53. The molecular formula is C23H34O. The summed E-state index contributed by atoms with van der Waals surface area (Å²) in [6.45, 7) is 18.0. The molecule has 1 aliphatic rings. The van der Waals surface area contributed by atoms with Crippen LogP contribution in [-0.2, 0) is 10.8 Å². The number of hydrogen-bond acceptors (Lipinski definition) is 1. The molecule has 1 aliphatic carbocycles. The van der Waals surface area contributed by atoms with E-state index in [1.165, 1.54) is 27.8 Å². The van der Waals surface area contributed by atoms with Crippen LogP contribution >= 0.6 is 0 Å². The number of aryl methyl sites for hydroxylation is 1. The molecule has 1 aromatic rings. The fraction of sp³-hybridized carbons (Fsp3) is 0.565. The number of hydrogen-bond donors (Lipinski definition) is 1. The standard InChI is InChI=1S/C23H34O/c1-16-11-19(22(5,6)15-24)14-20(12-16)23(7,8)18-10-9-17(13-18)21(2,3)4/h10-14,24H,9,15H2,1-8H3. The molecule has 2 rings (SSSR count). The van der Waals surface area contributed by atoms with Crippen molar-refractivity contribution in [3.8, 4) is 0 Å². The lowest BCUT2D eigenvalue weighted by Crippen LogP contribution is -2.25. The largest absolute Gasteiger partial charge is 0.395 e. The highest BCUT2D eigenvalue weighted by Crippen LogP contribution is 2.42. The zero-order valence-electron chi connectivity index (χ0n) is 16.7. The van der Waals surface area contributed by atoms with Gasteiger partial charge in [-0.2, -0.15) is 0 Å². The summed E-state index contributed by atoms with van der Waals surface area (Å²) >= 11 is 0. The van der Waals surface area contributed by atoms with Crippen LogP contribution in [0, 0.1) is 12.3 Å². The predicted octanol–water partition coefficient (Wildman–Crippen LogP) is 5.85. The van der Waals surface area contributed by atoms with Crippen molar-refractivity contribution < 1.29 is 5.11 Å². The van der Waals surface area contributed by atoms with Gasteiger partial charge in [0.15, 0.2) is 0 Å². The van der Waals surface area contributed by atoms with Gasteiger partial charge in [0.1, 0.15) is 0 Å². The fourth-order valence-corrected chi connectivity index (χ4v) is 3.28. The molecule has 1 nitrogen and oxygen atoms in total. The van der Waals surface area contributed by atoms with E-state index in [4.69, 9.17) is 0 Å². The summed E-state index contributed by atoms with van der Waals surface area (Å²) in [5.41, 5.74) is 6.71. The molecule has 24 heavy (non-hydrogen) atoms. The summed E-state index contributed by atoms with van der Waals surface area (Å²) in [6, 6.07) is 6.78. The van der Waals surface area contributed by atoms with Crippen molar-refractivity contribution in [3.63, 3.8) is 0 Å². The van der Waals surface area contributed by atoms with Crippen molar-refractivity contribution in [1.82, 2.24) is 0 Å². The minimum atomic E-state index is -0.215. The zero-order chi connectivity index (χ0) is 18.3. The van der Waals surface area contributed by atoms with E-state index in [1.807, 2.05) is 0 Å². The first-order valence-electron chi connectivity index (χ1n) is 9.03. The van der Waals surface area contributed by atoms with Gasteiger partial charge < -0.3 is 5.11 Å². The van der Waals surface area contributed by atoms with Crippen molar-refractivity contribution >= 4 is 0 Å². The molecule has 0 aromatic heterocycles. The van der Waals surface area contributed by atoms with Crippen LogP contribution in [0.25, 0.3) is 0 Å². The molecule has 0 heterocycles. The summed E-state index contributed by atoms with van der Waals surface area (Å²) in [7, 11) is 0. The van der Waals surface area contributed by atoms with Gasteiger partial charge in [0.2, 0.25) is 0 Å². The van der Waals surface area contributed by atoms with E-state index in [9.17, 15) is 5.11 Å². The molecule has 0 radical (unpaired) electrons. The van der Waals surface area contributed by atoms with Gasteiger partial charge in [-0.15, -0.1) is 0 Å². The SMILES string of the molecule is Cc1cc(C(C)(C)CO)cc(C(C)(C)C2=CCC(C(C)(C)C)=C2)c1. The Hall–Kier alpha value is -1.34. The normalized spacial score (nSPS) is 16.2. The highest BCUT2D eigenvalue weighted by molar-refractivity contribution is 5.49. The fourth-order valence-electron chi connectivity index (χ4n) is 3.28. The van der Waals surface area contributed by atoms with E-state index in [-0.39, 0.29) is 22.9 Å². The molecule has 0 fully saturated rings. The van der Waals surface area contributed by atoms with Crippen molar-refractivity contribution in [2.75, 3.05) is 6.61 Å². The summed E-state index contributed by atoms with van der Waals surface area (Å²) in [5, 5.41) is 9.75. The molecule has 1 aromatic carbocycles. The van der Waals surface area contributed by atoms with Crippen LogP contribution in [0.1, 0.15) is 71.6 Å². The molecule has 0 bridgehead atoms. The second-order valence-electron chi connectivity index (χ2n) is 9.54. The van der Waals surface area contributed by atoms with Crippen molar-refractivity contribution in [2.24, 2.45) is 5.41 Å². The number of allylic oxidation sites excluding steroid dienone is 4. The van der Waals surface area contributed by atoms with Crippen LogP contribution < -0.4 is 0 Å². The van der Waals surface area contributed by atoms with E-state index < -0.39 is 0 Å². The third-order valence-corrected chi connectivity index (χ3v) is 5.53. The second-order valence-corrected chi connectivity index (χ2v) is 9.54. The van der Waals surface area contributed by atoms with Gasteiger partial charge in [0.25, 0.3) is 0 Å². The molecule has 0 unspecified atom stereocenters. The van der Waals surface area contributed by atoms with Crippen LogP contribution in [0.15, 0.2) is 41.5 Å². The second kappa shape index (κ2) is 6.19.